The van der Waals surface area contributed by atoms with E-state index in [2.05, 4.69) is 10.6 Å². The minimum atomic E-state index is -0.906. The second kappa shape index (κ2) is 9.47. The van der Waals surface area contributed by atoms with Crippen LogP contribution in [0.4, 0.5) is 5.69 Å². The molecule has 0 radical (unpaired) electrons. The molecule has 0 spiro atoms. The lowest BCUT2D eigenvalue weighted by Gasteiger charge is -2.19. The average molecular weight is 421 g/mol. The van der Waals surface area contributed by atoms with E-state index in [0.717, 1.165) is 0 Å². The van der Waals surface area contributed by atoms with Gasteiger partial charge in [0.2, 0.25) is 5.91 Å². The number of nitrogens with zero attached hydrogens (tertiary/aromatic N) is 2. The van der Waals surface area contributed by atoms with Crippen molar-refractivity contribution >= 4 is 17.5 Å². The van der Waals surface area contributed by atoms with Gasteiger partial charge in [-0.25, -0.2) is 4.68 Å². The van der Waals surface area contributed by atoms with E-state index in [1.54, 1.807) is 42.9 Å². The number of anilines is 1. The van der Waals surface area contributed by atoms with Crippen LogP contribution in [0.1, 0.15) is 37.6 Å². The number of carbonyl (C=O) groups excluding carboxylic acids is 2. The van der Waals surface area contributed by atoms with Crippen LogP contribution in [-0.2, 0) is 16.6 Å². The van der Waals surface area contributed by atoms with Gasteiger partial charge in [-0.3, -0.25) is 19.1 Å². The number of para-hydroxylation sites is 1. The Labute approximate surface area is 181 Å². The Morgan fingerprint density at radius 1 is 0.968 bits per heavy atom. The molecule has 2 aromatic carbocycles. The molecule has 3 rings (SSSR count). The highest BCUT2D eigenvalue weighted by Crippen LogP contribution is 2.19. The number of hydrogen-bond donors (Lipinski definition) is 2. The maximum atomic E-state index is 13.2. The monoisotopic (exact) mass is 420 g/mol. The van der Waals surface area contributed by atoms with Crippen molar-refractivity contribution in [3.8, 4) is 5.69 Å². The van der Waals surface area contributed by atoms with Crippen LogP contribution in [-0.4, -0.2) is 21.2 Å². The minimum Gasteiger partial charge on any atom is -0.341 e. The molecule has 0 bridgehead atoms. The second-order valence-electron chi connectivity index (χ2n) is 7.93. The third-order valence-corrected chi connectivity index (χ3v) is 5.10. The maximum Gasteiger partial charge on any atom is 0.295 e. The number of hydrogen-bond acceptors (Lipinski definition) is 3. The Balaban J connectivity index is 1.93. The summed E-state index contributed by atoms with van der Waals surface area (Å²) in [6, 6.07) is 17.3. The van der Waals surface area contributed by atoms with E-state index >= 15 is 0 Å². The summed E-state index contributed by atoms with van der Waals surface area (Å²) in [5, 5.41) is 5.57. The number of amides is 2. The van der Waals surface area contributed by atoms with Gasteiger partial charge in [-0.1, -0.05) is 62.4 Å². The summed E-state index contributed by atoms with van der Waals surface area (Å²) in [5.74, 6) is -0.520. The first-order chi connectivity index (χ1) is 14.8. The lowest BCUT2D eigenvalue weighted by atomic mass is 10.0. The topological polar surface area (TPSA) is 85.1 Å². The Kier molecular flexibility index (Phi) is 6.74. The predicted octanol–water partition coefficient (Wildman–Crippen LogP) is 3.33. The van der Waals surface area contributed by atoms with Crippen LogP contribution in [0, 0.1) is 12.8 Å². The SMILES string of the molecule is Cc1c(NC(=O)C(NC(=O)CC(C)C)c2ccccc2)c(=O)n(-c2ccccc2)n1C. The molecule has 0 aliphatic heterocycles. The summed E-state index contributed by atoms with van der Waals surface area (Å²) in [7, 11) is 1.76. The van der Waals surface area contributed by atoms with Crippen molar-refractivity contribution in [1.82, 2.24) is 14.7 Å². The normalized spacial score (nSPS) is 11.9. The minimum absolute atomic E-state index is 0.161. The lowest BCUT2D eigenvalue weighted by molar-refractivity contribution is -0.127. The Morgan fingerprint density at radius 2 is 1.55 bits per heavy atom. The van der Waals surface area contributed by atoms with E-state index in [-0.39, 0.29) is 23.1 Å². The van der Waals surface area contributed by atoms with Crippen LogP contribution in [0.25, 0.3) is 5.69 Å². The standard InChI is InChI=1S/C24H28N4O3/c1-16(2)15-20(29)25-22(18-11-7-5-8-12-18)23(30)26-21-17(3)27(4)28(24(21)31)19-13-9-6-10-14-19/h5-14,16,22H,15H2,1-4H3,(H,25,29)(H,26,30). The zero-order chi connectivity index (χ0) is 22.5. The van der Waals surface area contributed by atoms with Gasteiger partial charge in [0, 0.05) is 13.5 Å². The molecule has 1 heterocycles. The Hall–Kier alpha value is -3.61. The van der Waals surface area contributed by atoms with E-state index in [0.29, 0.717) is 23.4 Å². The van der Waals surface area contributed by atoms with E-state index < -0.39 is 11.9 Å². The van der Waals surface area contributed by atoms with Crippen molar-refractivity contribution in [2.75, 3.05) is 5.32 Å². The summed E-state index contributed by atoms with van der Waals surface area (Å²) in [6.45, 7) is 5.65. The Morgan fingerprint density at radius 3 is 2.13 bits per heavy atom. The van der Waals surface area contributed by atoms with Crippen molar-refractivity contribution in [3.05, 3.63) is 82.3 Å². The molecular weight excluding hydrogens is 392 g/mol. The second-order valence-corrected chi connectivity index (χ2v) is 7.93. The first-order valence-corrected chi connectivity index (χ1v) is 10.3. The summed E-state index contributed by atoms with van der Waals surface area (Å²) in [4.78, 5) is 38.7. The van der Waals surface area contributed by atoms with Gasteiger partial charge in [0.15, 0.2) is 0 Å². The molecule has 0 aliphatic rings. The molecule has 31 heavy (non-hydrogen) atoms. The van der Waals surface area contributed by atoms with E-state index in [4.69, 9.17) is 0 Å². The van der Waals surface area contributed by atoms with Crippen molar-refractivity contribution < 1.29 is 9.59 Å². The fourth-order valence-electron chi connectivity index (χ4n) is 3.44. The molecule has 1 aromatic heterocycles. The summed E-state index contributed by atoms with van der Waals surface area (Å²) >= 11 is 0. The highest BCUT2D eigenvalue weighted by atomic mass is 16.2. The number of rotatable bonds is 7. The van der Waals surface area contributed by atoms with Gasteiger partial charge < -0.3 is 10.6 Å². The van der Waals surface area contributed by atoms with Crippen LogP contribution >= 0.6 is 0 Å². The predicted molar refractivity (Wildman–Crippen MR) is 121 cm³/mol. The zero-order valence-electron chi connectivity index (χ0n) is 18.3. The molecule has 0 saturated heterocycles. The molecule has 7 nitrogen and oxygen atoms in total. The molecule has 2 N–H and O–H groups in total. The first-order valence-electron chi connectivity index (χ1n) is 10.3. The third-order valence-electron chi connectivity index (χ3n) is 5.10. The van der Waals surface area contributed by atoms with Gasteiger partial charge in [0.25, 0.3) is 11.5 Å². The molecule has 162 valence electrons. The number of carbonyl (C=O) groups is 2. The lowest BCUT2D eigenvalue weighted by Crippen LogP contribution is -2.38. The van der Waals surface area contributed by atoms with E-state index in [1.807, 2.05) is 50.2 Å². The quantitative estimate of drug-likeness (QED) is 0.615. The van der Waals surface area contributed by atoms with Crippen LogP contribution in [0.3, 0.4) is 0 Å². The van der Waals surface area contributed by atoms with Gasteiger partial charge in [-0.2, -0.15) is 0 Å². The highest BCUT2D eigenvalue weighted by molar-refractivity contribution is 5.98. The molecule has 0 fully saturated rings. The third kappa shape index (κ3) is 4.94. The maximum absolute atomic E-state index is 13.2. The van der Waals surface area contributed by atoms with Crippen LogP contribution in [0.5, 0.6) is 0 Å². The number of aromatic nitrogens is 2. The summed E-state index contributed by atoms with van der Waals surface area (Å²) in [5.41, 5.74) is 1.82. The van der Waals surface area contributed by atoms with Crippen molar-refractivity contribution in [2.45, 2.75) is 33.2 Å². The Bertz CT molecular complexity index is 1110. The molecule has 1 unspecified atom stereocenters. The molecule has 1 atom stereocenters. The average Bonchev–Trinajstić information content (AvgIpc) is 2.96. The molecule has 0 aliphatic carbocycles. The van der Waals surface area contributed by atoms with Gasteiger partial charge in [0.1, 0.15) is 11.7 Å². The van der Waals surface area contributed by atoms with Crippen LogP contribution < -0.4 is 16.2 Å². The van der Waals surface area contributed by atoms with Gasteiger partial charge in [-0.05, 0) is 30.5 Å². The molecule has 2 amide bonds. The molecule has 7 heteroatoms. The van der Waals surface area contributed by atoms with E-state index in [1.165, 1.54) is 4.68 Å². The largest absolute Gasteiger partial charge is 0.341 e. The van der Waals surface area contributed by atoms with Gasteiger partial charge >= 0.3 is 0 Å². The highest BCUT2D eigenvalue weighted by Gasteiger charge is 2.26. The molecule has 0 saturated carbocycles. The van der Waals surface area contributed by atoms with Crippen molar-refractivity contribution in [1.29, 1.82) is 0 Å². The van der Waals surface area contributed by atoms with Gasteiger partial charge in [0.05, 0.1) is 11.4 Å². The fraction of sp³-hybridized carbons (Fsp3) is 0.292. The van der Waals surface area contributed by atoms with E-state index in [9.17, 15) is 14.4 Å². The van der Waals surface area contributed by atoms with Crippen molar-refractivity contribution in [3.63, 3.8) is 0 Å². The number of nitrogens with one attached hydrogen (secondary N) is 2. The smallest absolute Gasteiger partial charge is 0.295 e. The van der Waals surface area contributed by atoms with Crippen LogP contribution in [0.15, 0.2) is 65.5 Å². The fourth-order valence-corrected chi connectivity index (χ4v) is 3.44. The summed E-state index contributed by atoms with van der Waals surface area (Å²) in [6.07, 6.45) is 0.307. The zero-order valence-corrected chi connectivity index (χ0v) is 18.3. The summed E-state index contributed by atoms with van der Waals surface area (Å²) < 4.78 is 3.20. The molecular formula is C24H28N4O3. The number of benzene rings is 2. The first kappa shape index (κ1) is 22.1. The van der Waals surface area contributed by atoms with Gasteiger partial charge in [-0.15, -0.1) is 0 Å². The van der Waals surface area contributed by atoms with Crippen LogP contribution in [0.2, 0.25) is 0 Å². The van der Waals surface area contributed by atoms with Crippen molar-refractivity contribution in [2.24, 2.45) is 13.0 Å². The molecule has 3 aromatic rings.